The summed E-state index contributed by atoms with van der Waals surface area (Å²) < 4.78 is 1.96. The number of aromatic nitrogens is 2. The minimum atomic E-state index is -0.394. The second-order valence-corrected chi connectivity index (χ2v) is 6.14. The highest BCUT2D eigenvalue weighted by Gasteiger charge is 2.28. The van der Waals surface area contributed by atoms with Crippen LogP contribution in [0.3, 0.4) is 0 Å². The molecule has 1 aliphatic heterocycles. The molecule has 122 valence electrons. The van der Waals surface area contributed by atoms with Crippen LogP contribution in [-0.4, -0.2) is 45.9 Å². The van der Waals surface area contributed by atoms with Gasteiger partial charge in [0.2, 0.25) is 5.91 Å². The highest BCUT2D eigenvalue weighted by molar-refractivity contribution is 5.99. The fourth-order valence-electron chi connectivity index (χ4n) is 3.08. The first-order valence-corrected chi connectivity index (χ1v) is 7.97. The number of fused-ring (bicyclic) bond motifs is 1. The Labute approximate surface area is 135 Å². The number of aryl methyl sites for hydroxylation is 2. The summed E-state index contributed by atoms with van der Waals surface area (Å²) in [5, 5.41) is 2.88. The average Bonchev–Trinajstić information content (AvgIpc) is 2.71. The van der Waals surface area contributed by atoms with Crippen LogP contribution in [0.25, 0.3) is 11.0 Å². The number of nitrogens with zero attached hydrogens (tertiary/aromatic N) is 3. The molecule has 0 spiro atoms. The lowest BCUT2D eigenvalue weighted by molar-refractivity contribution is -0.125. The van der Waals surface area contributed by atoms with Crippen LogP contribution in [0, 0.1) is 6.92 Å². The molecule has 1 N–H and O–H groups in total. The number of carbonyl (C=O) groups excluding carboxylic acids is 2. The zero-order chi connectivity index (χ0) is 16.6. The summed E-state index contributed by atoms with van der Waals surface area (Å²) in [5.41, 5.74) is 2.38. The highest BCUT2D eigenvalue weighted by Crippen LogP contribution is 2.19. The fourth-order valence-corrected chi connectivity index (χ4v) is 3.08. The molecule has 1 saturated heterocycles. The van der Waals surface area contributed by atoms with Crippen molar-refractivity contribution in [3.05, 3.63) is 29.6 Å². The zero-order valence-electron chi connectivity index (χ0n) is 13.8. The SMILES string of the molecule is Cc1nc2ccc(C(=O)N(C)C3CCCCNC3=O)cc2n1C. The summed E-state index contributed by atoms with van der Waals surface area (Å²) in [7, 11) is 3.64. The van der Waals surface area contributed by atoms with Gasteiger partial charge in [-0.2, -0.15) is 0 Å². The van der Waals surface area contributed by atoms with Gasteiger partial charge in [0.25, 0.3) is 5.91 Å². The normalized spacial score (nSPS) is 18.6. The minimum absolute atomic E-state index is 0.0594. The van der Waals surface area contributed by atoms with Crippen LogP contribution in [-0.2, 0) is 11.8 Å². The predicted octanol–water partition coefficient (Wildman–Crippen LogP) is 1.62. The van der Waals surface area contributed by atoms with E-state index in [1.54, 1.807) is 18.0 Å². The molecule has 0 radical (unpaired) electrons. The van der Waals surface area contributed by atoms with Gasteiger partial charge in [0.15, 0.2) is 0 Å². The number of hydrogen-bond acceptors (Lipinski definition) is 3. The van der Waals surface area contributed by atoms with Crippen LogP contribution >= 0.6 is 0 Å². The molecule has 0 saturated carbocycles. The number of likely N-dealkylation sites (N-methyl/N-ethyl adjacent to an activating group) is 1. The molecule has 0 bridgehead atoms. The van der Waals surface area contributed by atoms with Crippen molar-refractivity contribution in [2.24, 2.45) is 7.05 Å². The molecule has 1 aromatic heterocycles. The zero-order valence-corrected chi connectivity index (χ0v) is 13.8. The third-order valence-electron chi connectivity index (χ3n) is 4.65. The monoisotopic (exact) mass is 314 g/mol. The van der Waals surface area contributed by atoms with Crippen LogP contribution in [0.1, 0.15) is 35.4 Å². The van der Waals surface area contributed by atoms with Gasteiger partial charge in [0.05, 0.1) is 11.0 Å². The Morgan fingerprint density at radius 1 is 1.39 bits per heavy atom. The van der Waals surface area contributed by atoms with Crippen molar-refractivity contribution in [1.82, 2.24) is 19.8 Å². The summed E-state index contributed by atoms with van der Waals surface area (Å²) in [5.74, 6) is 0.713. The molecule has 23 heavy (non-hydrogen) atoms. The molecule has 1 unspecified atom stereocenters. The van der Waals surface area contributed by atoms with Crippen molar-refractivity contribution in [2.75, 3.05) is 13.6 Å². The fraction of sp³-hybridized carbons (Fsp3) is 0.471. The van der Waals surface area contributed by atoms with Gasteiger partial charge >= 0.3 is 0 Å². The summed E-state index contributed by atoms with van der Waals surface area (Å²) in [6.07, 6.45) is 2.62. The van der Waals surface area contributed by atoms with E-state index in [4.69, 9.17) is 0 Å². The number of hydrogen-bond donors (Lipinski definition) is 1. The smallest absolute Gasteiger partial charge is 0.254 e. The number of amides is 2. The Morgan fingerprint density at radius 3 is 2.96 bits per heavy atom. The van der Waals surface area contributed by atoms with Gasteiger partial charge in [-0.05, 0) is 44.4 Å². The Morgan fingerprint density at radius 2 is 2.17 bits per heavy atom. The third kappa shape index (κ3) is 2.81. The molecule has 6 nitrogen and oxygen atoms in total. The van der Waals surface area contributed by atoms with E-state index in [1.165, 1.54) is 0 Å². The predicted molar refractivity (Wildman–Crippen MR) is 88.2 cm³/mol. The summed E-state index contributed by atoms with van der Waals surface area (Å²) in [6.45, 7) is 2.63. The number of imidazole rings is 1. The first-order valence-electron chi connectivity index (χ1n) is 7.97. The highest BCUT2D eigenvalue weighted by atomic mass is 16.2. The van der Waals surface area contributed by atoms with E-state index in [-0.39, 0.29) is 11.8 Å². The van der Waals surface area contributed by atoms with Gasteiger partial charge in [-0.1, -0.05) is 0 Å². The Kier molecular flexibility index (Phi) is 4.07. The molecule has 3 rings (SSSR count). The molecule has 1 aliphatic rings. The summed E-state index contributed by atoms with van der Waals surface area (Å²) >= 11 is 0. The maximum absolute atomic E-state index is 12.8. The molecular formula is C17H22N4O2. The van der Waals surface area contributed by atoms with Crippen molar-refractivity contribution in [1.29, 1.82) is 0 Å². The quantitative estimate of drug-likeness (QED) is 0.916. The summed E-state index contributed by atoms with van der Waals surface area (Å²) in [4.78, 5) is 30.9. The van der Waals surface area contributed by atoms with Crippen molar-refractivity contribution in [2.45, 2.75) is 32.2 Å². The van der Waals surface area contributed by atoms with E-state index >= 15 is 0 Å². The Hall–Kier alpha value is -2.37. The lowest BCUT2D eigenvalue weighted by Gasteiger charge is -2.25. The molecule has 1 aromatic carbocycles. The second-order valence-electron chi connectivity index (χ2n) is 6.14. The standard InChI is InChI=1S/C17H22N4O2/c1-11-19-13-8-7-12(10-15(13)20(11)2)17(23)21(3)14-6-4-5-9-18-16(14)22/h7-8,10,14H,4-6,9H2,1-3H3,(H,18,22). The second kappa shape index (κ2) is 6.02. The number of benzene rings is 1. The summed E-state index contributed by atoms with van der Waals surface area (Å²) in [6, 6.07) is 5.09. The van der Waals surface area contributed by atoms with Crippen molar-refractivity contribution in [3.63, 3.8) is 0 Å². The van der Waals surface area contributed by atoms with Gasteiger partial charge in [0, 0.05) is 26.2 Å². The van der Waals surface area contributed by atoms with Gasteiger partial charge in [0.1, 0.15) is 11.9 Å². The van der Waals surface area contributed by atoms with Crippen molar-refractivity contribution < 1.29 is 9.59 Å². The maximum atomic E-state index is 12.8. The van der Waals surface area contributed by atoms with Crippen LogP contribution in [0.5, 0.6) is 0 Å². The van der Waals surface area contributed by atoms with E-state index in [9.17, 15) is 9.59 Å². The van der Waals surface area contributed by atoms with Crippen LogP contribution < -0.4 is 5.32 Å². The first-order chi connectivity index (χ1) is 11.0. The Balaban J connectivity index is 1.89. The van der Waals surface area contributed by atoms with Gasteiger partial charge in [-0.3, -0.25) is 9.59 Å². The van der Waals surface area contributed by atoms with E-state index in [2.05, 4.69) is 10.3 Å². The molecule has 2 aromatic rings. The van der Waals surface area contributed by atoms with Gasteiger partial charge < -0.3 is 14.8 Å². The van der Waals surface area contributed by atoms with Gasteiger partial charge in [-0.15, -0.1) is 0 Å². The molecule has 1 atom stereocenters. The number of rotatable bonds is 2. The molecule has 1 fully saturated rings. The number of nitrogens with one attached hydrogen (secondary N) is 1. The maximum Gasteiger partial charge on any atom is 0.254 e. The first kappa shape index (κ1) is 15.5. The molecule has 2 heterocycles. The van der Waals surface area contributed by atoms with E-state index in [0.29, 0.717) is 18.5 Å². The van der Waals surface area contributed by atoms with Crippen molar-refractivity contribution in [3.8, 4) is 0 Å². The van der Waals surface area contributed by atoms with Crippen LogP contribution in [0.2, 0.25) is 0 Å². The van der Waals surface area contributed by atoms with Crippen LogP contribution in [0.4, 0.5) is 0 Å². The molecule has 6 heteroatoms. The molecular weight excluding hydrogens is 292 g/mol. The lowest BCUT2D eigenvalue weighted by Crippen LogP contribution is -2.46. The van der Waals surface area contributed by atoms with Crippen LogP contribution in [0.15, 0.2) is 18.2 Å². The molecule has 2 amide bonds. The number of carbonyl (C=O) groups is 2. The molecule has 0 aliphatic carbocycles. The largest absolute Gasteiger partial charge is 0.354 e. The lowest BCUT2D eigenvalue weighted by atomic mass is 10.1. The minimum Gasteiger partial charge on any atom is -0.354 e. The average molecular weight is 314 g/mol. The van der Waals surface area contributed by atoms with E-state index < -0.39 is 6.04 Å². The van der Waals surface area contributed by atoms with Crippen molar-refractivity contribution >= 4 is 22.8 Å². The van der Waals surface area contributed by atoms with E-state index in [1.807, 2.05) is 30.7 Å². The van der Waals surface area contributed by atoms with Gasteiger partial charge in [-0.25, -0.2) is 4.98 Å². The van der Waals surface area contributed by atoms with E-state index in [0.717, 1.165) is 29.7 Å². The Bertz CT molecular complexity index is 765. The third-order valence-corrected chi connectivity index (χ3v) is 4.65. The topological polar surface area (TPSA) is 67.2 Å².